The highest BCUT2D eigenvalue weighted by molar-refractivity contribution is 5.92. The lowest BCUT2D eigenvalue weighted by molar-refractivity contribution is -0.222. The van der Waals surface area contributed by atoms with Gasteiger partial charge in [-0.15, -0.1) is 6.58 Å². The average Bonchev–Trinajstić information content (AvgIpc) is 3.55. The first kappa shape index (κ1) is 26.4. The summed E-state index contributed by atoms with van der Waals surface area (Å²) in [6, 6.07) is 5.17. The minimum atomic E-state index is -0.870. The van der Waals surface area contributed by atoms with Gasteiger partial charge in [-0.05, 0) is 49.5 Å². The largest absolute Gasteiger partial charge is 0.483 e. The van der Waals surface area contributed by atoms with Crippen LogP contribution in [0.3, 0.4) is 0 Å². The molecule has 2 fully saturated rings. The zero-order valence-electron chi connectivity index (χ0n) is 23.1. The summed E-state index contributed by atoms with van der Waals surface area (Å²) in [7, 11) is 1.79. The first-order chi connectivity index (χ1) is 19.2. The number of hydrogen-bond acceptors (Lipinski definition) is 8. The Balaban J connectivity index is 1.49. The van der Waals surface area contributed by atoms with Gasteiger partial charge < -0.3 is 23.5 Å². The van der Waals surface area contributed by atoms with Gasteiger partial charge in [-0.1, -0.05) is 12.1 Å². The second-order valence-corrected chi connectivity index (χ2v) is 11.2. The molecule has 0 N–H and O–H groups in total. The lowest BCUT2D eigenvalue weighted by Crippen LogP contribution is -2.79. The van der Waals surface area contributed by atoms with Crippen LogP contribution in [0.25, 0.3) is 6.08 Å². The normalized spacial score (nSPS) is 29.8. The molecule has 1 aromatic heterocycles. The Bertz CT molecular complexity index is 1400. The van der Waals surface area contributed by atoms with E-state index in [0.717, 1.165) is 23.2 Å². The standard InChI is InChI=1S/C31H34N2O7/c1-5-14-33-15-13-30-27-22-7-8-24(38-19(2)34)28(27)39-29(30)23(10-12-31(30,25(33)17-22)40-20(3)35)32(4)26(36)9-6-21-11-16-37-18-21/h5-9,11,16,18,23,25,29H,1,10,12-15,17H2,2-4H3/b9-6+/t23-,25+,29-,30-,31+/m0/s1. The molecule has 2 aliphatic heterocycles. The highest BCUT2D eigenvalue weighted by Gasteiger charge is 2.75. The molecule has 9 nitrogen and oxygen atoms in total. The number of esters is 2. The lowest BCUT2D eigenvalue weighted by atomic mass is 9.48. The molecule has 0 radical (unpaired) electrons. The van der Waals surface area contributed by atoms with E-state index in [1.54, 1.807) is 42.7 Å². The molecule has 1 aromatic carbocycles. The van der Waals surface area contributed by atoms with Gasteiger partial charge in [0.25, 0.3) is 0 Å². The summed E-state index contributed by atoms with van der Waals surface area (Å²) in [5, 5.41) is 0. The molecule has 1 saturated carbocycles. The maximum Gasteiger partial charge on any atom is 0.308 e. The average molecular weight is 547 g/mol. The number of piperidine rings is 1. The molecule has 2 bridgehead atoms. The molecule has 6 rings (SSSR count). The Labute approximate surface area is 233 Å². The number of furan rings is 1. The van der Waals surface area contributed by atoms with E-state index in [9.17, 15) is 14.4 Å². The van der Waals surface area contributed by atoms with Crippen molar-refractivity contribution in [2.45, 2.75) is 68.7 Å². The predicted molar refractivity (Wildman–Crippen MR) is 146 cm³/mol. The smallest absolute Gasteiger partial charge is 0.308 e. The third kappa shape index (κ3) is 3.74. The number of likely N-dealkylation sites (tertiary alicyclic amines) is 1. The molecule has 0 unspecified atom stereocenters. The summed E-state index contributed by atoms with van der Waals surface area (Å²) in [6.07, 6.45) is 10.2. The Kier molecular flexibility index (Phi) is 6.37. The van der Waals surface area contributed by atoms with Crippen LogP contribution in [0, 0.1) is 0 Å². The number of rotatable bonds is 7. The van der Waals surface area contributed by atoms with Crippen LogP contribution < -0.4 is 9.47 Å². The van der Waals surface area contributed by atoms with E-state index in [4.69, 9.17) is 18.6 Å². The molecule has 4 aliphatic rings. The van der Waals surface area contributed by atoms with Gasteiger partial charge in [-0.3, -0.25) is 19.3 Å². The Hall–Kier alpha value is -3.85. The second-order valence-electron chi connectivity index (χ2n) is 11.2. The van der Waals surface area contributed by atoms with Crippen molar-refractivity contribution in [2.24, 2.45) is 0 Å². The number of likely N-dealkylation sites (N-methyl/N-ethyl adjacent to an activating group) is 1. The Morgan fingerprint density at radius 3 is 2.73 bits per heavy atom. The van der Waals surface area contributed by atoms with Gasteiger partial charge in [0.05, 0.1) is 30.0 Å². The van der Waals surface area contributed by atoms with Gasteiger partial charge in [0.1, 0.15) is 11.7 Å². The molecule has 1 spiro atoms. The van der Waals surface area contributed by atoms with Gasteiger partial charge in [0, 0.05) is 51.2 Å². The third-order valence-corrected chi connectivity index (χ3v) is 9.24. The number of amides is 1. The van der Waals surface area contributed by atoms with E-state index in [0.29, 0.717) is 43.7 Å². The molecule has 2 aliphatic carbocycles. The zero-order valence-corrected chi connectivity index (χ0v) is 23.1. The summed E-state index contributed by atoms with van der Waals surface area (Å²) < 4.78 is 24.0. The van der Waals surface area contributed by atoms with Crippen molar-refractivity contribution < 1.29 is 33.0 Å². The molecule has 1 amide bonds. The Morgan fingerprint density at radius 1 is 1.20 bits per heavy atom. The van der Waals surface area contributed by atoms with E-state index in [1.165, 1.54) is 19.9 Å². The zero-order chi connectivity index (χ0) is 28.2. The van der Waals surface area contributed by atoms with Crippen LogP contribution in [0.1, 0.15) is 49.8 Å². The van der Waals surface area contributed by atoms with Crippen LogP contribution in [-0.4, -0.2) is 71.6 Å². The van der Waals surface area contributed by atoms with Crippen LogP contribution in [0.2, 0.25) is 0 Å². The molecule has 40 heavy (non-hydrogen) atoms. The van der Waals surface area contributed by atoms with Crippen molar-refractivity contribution in [2.75, 3.05) is 20.1 Å². The van der Waals surface area contributed by atoms with E-state index in [-0.39, 0.29) is 24.0 Å². The van der Waals surface area contributed by atoms with Crippen molar-refractivity contribution >= 4 is 23.9 Å². The first-order valence-corrected chi connectivity index (χ1v) is 13.7. The fraction of sp³-hybridized carbons (Fsp3) is 0.452. The number of carbonyl (C=O) groups excluding carboxylic acids is 3. The minimum Gasteiger partial charge on any atom is -0.483 e. The maximum absolute atomic E-state index is 13.4. The number of hydrogen-bond donors (Lipinski definition) is 0. The summed E-state index contributed by atoms with van der Waals surface area (Å²) in [5.74, 6) is -0.0828. The maximum atomic E-state index is 13.4. The van der Waals surface area contributed by atoms with E-state index in [2.05, 4.69) is 11.5 Å². The number of ether oxygens (including phenoxy) is 3. The van der Waals surface area contributed by atoms with Gasteiger partial charge in [-0.2, -0.15) is 0 Å². The fourth-order valence-corrected chi connectivity index (χ4v) is 7.86. The van der Waals surface area contributed by atoms with Gasteiger partial charge in [-0.25, -0.2) is 0 Å². The monoisotopic (exact) mass is 546 g/mol. The van der Waals surface area contributed by atoms with Crippen LogP contribution in [0.15, 0.2) is 53.9 Å². The molecule has 2 aromatic rings. The van der Waals surface area contributed by atoms with Crippen LogP contribution >= 0.6 is 0 Å². The van der Waals surface area contributed by atoms with Crippen molar-refractivity contribution in [1.29, 1.82) is 0 Å². The molecule has 3 heterocycles. The number of nitrogens with zero attached hydrogens (tertiary/aromatic N) is 2. The Morgan fingerprint density at radius 2 is 2.02 bits per heavy atom. The van der Waals surface area contributed by atoms with Crippen molar-refractivity contribution in [3.05, 3.63) is 66.1 Å². The summed E-state index contributed by atoms with van der Waals surface area (Å²) in [4.78, 5) is 42.3. The molecular formula is C31H34N2O7. The van der Waals surface area contributed by atoms with Crippen LogP contribution in [-0.2, 0) is 31.0 Å². The van der Waals surface area contributed by atoms with Gasteiger partial charge in [0.2, 0.25) is 5.91 Å². The SMILES string of the molecule is C=CCN1CC[C@]23c4c5ccc(OC(C)=O)c4O[C@H]2[C@@H](N(C)C(=O)/C=C/c2ccoc2)CC[C@@]3(OC(C)=O)[C@H]1C5. The van der Waals surface area contributed by atoms with E-state index in [1.807, 2.05) is 12.1 Å². The fourth-order valence-electron chi connectivity index (χ4n) is 7.86. The first-order valence-electron chi connectivity index (χ1n) is 13.7. The van der Waals surface area contributed by atoms with Crippen molar-refractivity contribution in [3.63, 3.8) is 0 Å². The van der Waals surface area contributed by atoms with Gasteiger partial charge >= 0.3 is 11.9 Å². The van der Waals surface area contributed by atoms with Gasteiger partial charge in [0.15, 0.2) is 11.5 Å². The number of carbonyl (C=O) groups is 3. The predicted octanol–water partition coefficient (Wildman–Crippen LogP) is 3.66. The lowest BCUT2D eigenvalue weighted by Gasteiger charge is -2.65. The second kappa shape index (κ2) is 9.66. The third-order valence-electron chi connectivity index (χ3n) is 9.24. The van der Waals surface area contributed by atoms with E-state index < -0.39 is 23.1 Å². The summed E-state index contributed by atoms with van der Waals surface area (Å²) in [5.41, 5.74) is 1.25. The molecule has 5 atom stereocenters. The summed E-state index contributed by atoms with van der Waals surface area (Å²) in [6.45, 7) is 8.21. The van der Waals surface area contributed by atoms with Crippen molar-refractivity contribution in [3.8, 4) is 11.5 Å². The molecular weight excluding hydrogens is 512 g/mol. The quantitative estimate of drug-likeness (QED) is 0.225. The topological polar surface area (TPSA) is 98.5 Å². The molecule has 9 heteroatoms. The minimum absolute atomic E-state index is 0.0878. The summed E-state index contributed by atoms with van der Waals surface area (Å²) >= 11 is 0. The van der Waals surface area contributed by atoms with Crippen LogP contribution in [0.4, 0.5) is 0 Å². The van der Waals surface area contributed by atoms with Crippen LogP contribution in [0.5, 0.6) is 11.5 Å². The van der Waals surface area contributed by atoms with E-state index >= 15 is 0 Å². The highest BCUT2D eigenvalue weighted by atomic mass is 16.6. The molecule has 1 saturated heterocycles. The molecule has 210 valence electrons. The van der Waals surface area contributed by atoms with Crippen molar-refractivity contribution in [1.82, 2.24) is 9.80 Å². The number of benzene rings is 1. The highest BCUT2D eigenvalue weighted by Crippen LogP contribution is 2.67.